The van der Waals surface area contributed by atoms with E-state index in [0.717, 1.165) is 11.1 Å². The molecule has 1 amide bonds. The quantitative estimate of drug-likeness (QED) is 0.931. The third kappa shape index (κ3) is 4.36. The summed E-state index contributed by atoms with van der Waals surface area (Å²) < 4.78 is 5.16. The summed E-state index contributed by atoms with van der Waals surface area (Å²) in [5.41, 5.74) is 2.37. The van der Waals surface area contributed by atoms with E-state index in [-0.39, 0.29) is 12.6 Å². The van der Waals surface area contributed by atoms with Gasteiger partial charge in [0, 0.05) is 0 Å². The highest BCUT2D eigenvalue weighted by Gasteiger charge is 2.10. The van der Waals surface area contributed by atoms with E-state index in [0.29, 0.717) is 5.56 Å². The SMILES string of the molecule is CC(NC(=O)OCc1ccccc1)c1cccc(C#N)c1. The predicted octanol–water partition coefficient (Wildman–Crippen LogP) is 3.55. The van der Waals surface area contributed by atoms with Crippen LogP contribution in [-0.2, 0) is 11.3 Å². The molecule has 0 saturated carbocycles. The summed E-state index contributed by atoms with van der Waals surface area (Å²) in [6, 6.07) is 18.5. The van der Waals surface area contributed by atoms with Crippen LogP contribution in [-0.4, -0.2) is 6.09 Å². The third-order valence-electron chi connectivity index (χ3n) is 3.06. The molecule has 0 aliphatic carbocycles. The number of amides is 1. The second-order valence-electron chi connectivity index (χ2n) is 4.67. The fourth-order valence-corrected chi connectivity index (χ4v) is 1.90. The Bertz CT molecular complexity index is 647. The Balaban J connectivity index is 1.88. The molecule has 21 heavy (non-hydrogen) atoms. The van der Waals surface area contributed by atoms with Crippen LogP contribution in [0.25, 0.3) is 0 Å². The molecule has 0 bridgehead atoms. The lowest BCUT2D eigenvalue weighted by Gasteiger charge is -2.14. The van der Waals surface area contributed by atoms with E-state index >= 15 is 0 Å². The van der Waals surface area contributed by atoms with Crippen LogP contribution < -0.4 is 5.32 Å². The largest absolute Gasteiger partial charge is 0.445 e. The van der Waals surface area contributed by atoms with Gasteiger partial charge in [-0.2, -0.15) is 5.26 Å². The molecule has 0 aromatic heterocycles. The number of rotatable bonds is 4. The highest BCUT2D eigenvalue weighted by molar-refractivity contribution is 5.67. The number of nitriles is 1. The molecule has 106 valence electrons. The first-order valence-corrected chi connectivity index (χ1v) is 6.66. The molecular weight excluding hydrogens is 264 g/mol. The number of carbonyl (C=O) groups excluding carboxylic acids is 1. The number of hydrogen-bond donors (Lipinski definition) is 1. The number of nitrogens with one attached hydrogen (secondary N) is 1. The van der Waals surface area contributed by atoms with Crippen molar-refractivity contribution in [3.63, 3.8) is 0 Å². The van der Waals surface area contributed by atoms with Crippen molar-refractivity contribution in [2.75, 3.05) is 0 Å². The number of nitrogens with zero attached hydrogens (tertiary/aromatic N) is 1. The molecule has 0 aliphatic heterocycles. The summed E-state index contributed by atoms with van der Waals surface area (Å²) in [4.78, 5) is 11.8. The lowest BCUT2D eigenvalue weighted by molar-refractivity contribution is 0.136. The molecule has 0 fully saturated rings. The van der Waals surface area contributed by atoms with Gasteiger partial charge < -0.3 is 10.1 Å². The van der Waals surface area contributed by atoms with E-state index in [9.17, 15) is 4.79 Å². The zero-order valence-electron chi connectivity index (χ0n) is 11.7. The van der Waals surface area contributed by atoms with E-state index in [4.69, 9.17) is 10.00 Å². The third-order valence-corrected chi connectivity index (χ3v) is 3.06. The van der Waals surface area contributed by atoms with Crippen LogP contribution >= 0.6 is 0 Å². The van der Waals surface area contributed by atoms with E-state index < -0.39 is 6.09 Å². The van der Waals surface area contributed by atoms with Crippen molar-refractivity contribution < 1.29 is 9.53 Å². The van der Waals surface area contributed by atoms with Gasteiger partial charge >= 0.3 is 6.09 Å². The number of alkyl carbamates (subject to hydrolysis) is 1. The number of hydrogen-bond acceptors (Lipinski definition) is 3. The van der Waals surface area contributed by atoms with E-state index in [2.05, 4.69) is 11.4 Å². The summed E-state index contributed by atoms with van der Waals surface area (Å²) in [7, 11) is 0. The molecule has 4 nitrogen and oxygen atoms in total. The molecule has 0 saturated heterocycles. The van der Waals surface area contributed by atoms with Crippen LogP contribution in [0.3, 0.4) is 0 Å². The standard InChI is InChI=1S/C17H16N2O2/c1-13(16-9-5-8-15(10-16)11-18)19-17(20)21-12-14-6-3-2-4-7-14/h2-10,13H,12H2,1H3,(H,19,20). The fourth-order valence-electron chi connectivity index (χ4n) is 1.90. The zero-order valence-corrected chi connectivity index (χ0v) is 11.7. The van der Waals surface area contributed by atoms with Gasteiger partial charge in [-0.1, -0.05) is 42.5 Å². The summed E-state index contributed by atoms with van der Waals surface area (Å²) in [5.74, 6) is 0. The molecule has 0 radical (unpaired) electrons. The molecule has 1 unspecified atom stereocenters. The number of carbonyl (C=O) groups is 1. The highest BCUT2D eigenvalue weighted by Crippen LogP contribution is 2.14. The lowest BCUT2D eigenvalue weighted by Crippen LogP contribution is -2.27. The Kier molecular flexibility index (Phi) is 4.94. The molecule has 2 rings (SSSR count). The minimum absolute atomic E-state index is 0.221. The van der Waals surface area contributed by atoms with Crippen molar-refractivity contribution in [3.05, 3.63) is 71.3 Å². The maximum atomic E-state index is 11.8. The van der Waals surface area contributed by atoms with Crippen molar-refractivity contribution in [1.82, 2.24) is 5.32 Å². The molecule has 1 N–H and O–H groups in total. The molecule has 1 atom stereocenters. The predicted molar refractivity (Wildman–Crippen MR) is 79.3 cm³/mol. The van der Waals surface area contributed by atoms with Crippen LogP contribution in [0.2, 0.25) is 0 Å². The zero-order chi connectivity index (χ0) is 15.1. The first-order chi connectivity index (χ1) is 10.2. The van der Waals surface area contributed by atoms with Crippen molar-refractivity contribution in [1.29, 1.82) is 5.26 Å². The topological polar surface area (TPSA) is 62.1 Å². The van der Waals surface area contributed by atoms with E-state index in [1.165, 1.54) is 0 Å². The van der Waals surface area contributed by atoms with Crippen molar-refractivity contribution in [3.8, 4) is 6.07 Å². The van der Waals surface area contributed by atoms with Gasteiger partial charge in [0.25, 0.3) is 0 Å². The van der Waals surface area contributed by atoms with Crippen molar-refractivity contribution >= 4 is 6.09 Å². The van der Waals surface area contributed by atoms with Crippen molar-refractivity contribution in [2.45, 2.75) is 19.6 Å². The Morgan fingerprint density at radius 2 is 2.00 bits per heavy atom. The van der Waals surface area contributed by atoms with Crippen LogP contribution in [0, 0.1) is 11.3 Å². The minimum atomic E-state index is -0.478. The van der Waals surface area contributed by atoms with Gasteiger partial charge in [0.15, 0.2) is 0 Å². The Morgan fingerprint density at radius 3 is 2.71 bits per heavy atom. The lowest BCUT2D eigenvalue weighted by atomic mass is 10.1. The van der Waals surface area contributed by atoms with Gasteiger partial charge in [-0.3, -0.25) is 0 Å². The average Bonchev–Trinajstić information content (AvgIpc) is 2.54. The Labute approximate surface area is 124 Å². The monoisotopic (exact) mass is 280 g/mol. The van der Waals surface area contributed by atoms with Gasteiger partial charge in [-0.05, 0) is 30.2 Å². The second-order valence-corrected chi connectivity index (χ2v) is 4.67. The smallest absolute Gasteiger partial charge is 0.407 e. The van der Waals surface area contributed by atoms with Gasteiger partial charge in [-0.15, -0.1) is 0 Å². The molecule has 0 heterocycles. The van der Waals surface area contributed by atoms with E-state index in [1.54, 1.807) is 18.2 Å². The normalized spacial score (nSPS) is 11.2. The van der Waals surface area contributed by atoms with Gasteiger partial charge in [0.1, 0.15) is 6.61 Å². The molecule has 4 heteroatoms. The summed E-state index contributed by atoms with van der Waals surface area (Å²) in [5, 5.41) is 11.6. The fraction of sp³-hybridized carbons (Fsp3) is 0.176. The maximum absolute atomic E-state index is 11.8. The second kappa shape index (κ2) is 7.11. The highest BCUT2D eigenvalue weighted by atomic mass is 16.5. The van der Waals surface area contributed by atoms with Gasteiger partial charge in [-0.25, -0.2) is 4.79 Å². The first-order valence-electron chi connectivity index (χ1n) is 6.66. The molecular formula is C17H16N2O2. The molecule has 2 aromatic carbocycles. The van der Waals surface area contributed by atoms with Crippen molar-refractivity contribution in [2.24, 2.45) is 0 Å². The first kappa shape index (κ1) is 14.6. The summed E-state index contributed by atoms with van der Waals surface area (Å²) in [6.07, 6.45) is -0.478. The Hall–Kier alpha value is -2.80. The Morgan fingerprint density at radius 1 is 1.24 bits per heavy atom. The molecule has 2 aromatic rings. The van der Waals surface area contributed by atoms with Crippen LogP contribution in [0.4, 0.5) is 4.79 Å². The number of ether oxygens (including phenoxy) is 1. The molecule has 0 aliphatic rings. The number of benzene rings is 2. The average molecular weight is 280 g/mol. The minimum Gasteiger partial charge on any atom is -0.445 e. The molecule has 0 spiro atoms. The van der Waals surface area contributed by atoms with Gasteiger partial charge in [0.2, 0.25) is 0 Å². The summed E-state index contributed by atoms with van der Waals surface area (Å²) >= 11 is 0. The van der Waals surface area contributed by atoms with Crippen LogP contribution in [0.1, 0.15) is 29.7 Å². The van der Waals surface area contributed by atoms with Gasteiger partial charge in [0.05, 0.1) is 17.7 Å². The van der Waals surface area contributed by atoms with E-state index in [1.807, 2.05) is 43.3 Å². The van der Waals surface area contributed by atoms with Crippen LogP contribution in [0.5, 0.6) is 0 Å². The summed E-state index contributed by atoms with van der Waals surface area (Å²) in [6.45, 7) is 2.08. The van der Waals surface area contributed by atoms with Crippen LogP contribution in [0.15, 0.2) is 54.6 Å². The maximum Gasteiger partial charge on any atom is 0.407 e.